The number of hydrogen-bond acceptors (Lipinski definition) is 4. The molecule has 0 N–H and O–H groups in total. The Morgan fingerprint density at radius 3 is 2.71 bits per heavy atom. The lowest BCUT2D eigenvalue weighted by Crippen LogP contribution is -2.05. The third-order valence-electron chi connectivity index (χ3n) is 3.15. The highest BCUT2D eigenvalue weighted by Crippen LogP contribution is 2.29. The van der Waals surface area contributed by atoms with Gasteiger partial charge in [-0.3, -0.25) is 8.86 Å². The molecule has 1 aromatic rings. The number of rotatable bonds is 4. The van der Waals surface area contributed by atoms with Gasteiger partial charge in [-0.25, -0.2) is 0 Å². The van der Waals surface area contributed by atoms with E-state index < -0.39 is 10.1 Å². The molecule has 17 heavy (non-hydrogen) atoms. The van der Waals surface area contributed by atoms with E-state index in [2.05, 4.69) is 5.10 Å². The highest BCUT2D eigenvalue weighted by atomic mass is 32.2. The van der Waals surface area contributed by atoms with Gasteiger partial charge in [-0.15, -0.1) is 0 Å². The molecule has 0 radical (unpaired) electrons. The molecule has 1 aliphatic carbocycles. The summed E-state index contributed by atoms with van der Waals surface area (Å²) in [6, 6.07) is 0.473. The molecule has 0 unspecified atom stereocenters. The van der Waals surface area contributed by atoms with Crippen molar-refractivity contribution in [2.45, 2.75) is 45.3 Å². The second-order valence-electron chi connectivity index (χ2n) is 4.62. The smallest absolute Gasteiger partial charge is 0.264 e. The van der Waals surface area contributed by atoms with Crippen LogP contribution in [-0.4, -0.2) is 24.5 Å². The Labute approximate surface area is 102 Å². The minimum atomic E-state index is -3.39. The van der Waals surface area contributed by atoms with Crippen LogP contribution in [0.15, 0.2) is 6.20 Å². The van der Waals surface area contributed by atoms with Gasteiger partial charge in [-0.2, -0.15) is 13.5 Å². The summed E-state index contributed by atoms with van der Waals surface area (Å²) < 4.78 is 28.6. The van der Waals surface area contributed by atoms with Crippen molar-refractivity contribution in [2.24, 2.45) is 0 Å². The zero-order valence-electron chi connectivity index (χ0n) is 10.2. The maximum atomic E-state index is 10.9. The number of nitrogens with zero attached hydrogens (tertiary/aromatic N) is 2. The van der Waals surface area contributed by atoms with E-state index in [4.69, 9.17) is 4.18 Å². The van der Waals surface area contributed by atoms with Crippen LogP contribution in [0.1, 0.15) is 43.0 Å². The lowest BCUT2D eigenvalue weighted by atomic mass is 10.2. The average molecular weight is 258 g/mol. The molecule has 5 nitrogen and oxygen atoms in total. The topological polar surface area (TPSA) is 61.2 Å². The summed E-state index contributed by atoms with van der Waals surface area (Å²) in [5, 5.41) is 4.44. The van der Waals surface area contributed by atoms with E-state index in [1.807, 2.05) is 17.8 Å². The van der Waals surface area contributed by atoms with Crippen molar-refractivity contribution in [1.29, 1.82) is 0 Å². The maximum Gasteiger partial charge on any atom is 0.264 e. The van der Waals surface area contributed by atoms with Gasteiger partial charge >= 0.3 is 0 Å². The lowest BCUT2D eigenvalue weighted by Gasteiger charge is -2.08. The average Bonchev–Trinajstić information content (AvgIpc) is 2.82. The van der Waals surface area contributed by atoms with Gasteiger partial charge in [0.05, 0.1) is 24.6 Å². The molecule has 1 aliphatic rings. The predicted octanol–water partition coefficient (Wildman–Crippen LogP) is 1.78. The first-order valence-electron chi connectivity index (χ1n) is 5.85. The van der Waals surface area contributed by atoms with E-state index in [1.54, 1.807) is 0 Å². The monoisotopic (exact) mass is 258 g/mol. The SMILES string of the molecule is Cc1nn(C2CCCC2)cc1COS(C)(=O)=O. The summed E-state index contributed by atoms with van der Waals surface area (Å²) in [7, 11) is -3.39. The van der Waals surface area contributed by atoms with E-state index >= 15 is 0 Å². The lowest BCUT2D eigenvalue weighted by molar-refractivity contribution is 0.310. The number of aromatic nitrogens is 2. The fraction of sp³-hybridized carbons (Fsp3) is 0.727. The fourth-order valence-electron chi connectivity index (χ4n) is 2.19. The molecule has 1 fully saturated rings. The standard InChI is InChI=1S/C11H18N2O3S/c1-9-10(8-16-17(2,14)15)7-13(12-9)11-5-3-4-6-11/h7,11H,3-6,8H2,1-2H3. The summed E-state index contributed by atoms with van der Waals surface area (Å²) in [5.74, 6) is 0. The van der Waals surface area contributed by atoms with Gasteiger partial charge in [0.25, 0.3) is 10.1 Å². The molecule has 0 bridgehead atoms. The first kappa shape index (κ1) is 12.6. The summed E-state index contributed by atoms with van der Waals surface area (Å²) in [5.41, 5.74) is 1.70. The third-order valence-corrected chi connectivity index (χ3v) is 3.69. The van der Waals surface area contributed by atoms with Gasteiger partial charge in [0.2, 0.25) is 0 Å². The Morgan fingerprint density at radius 1 is 1.47 bits per heavy atom. The highest BCUT2D eigenvalue weighted by Gasteiger charge is 2.19. The Balaban J connectivity index is 2.08. The molecule has 0 spiro atoms. The zero-order chi connectivity index (χ0) is 12.5. The molecule has 6 heteroatoms. The van der Waals surface area contributed by atoms with Crippen LogP contribution >= 0.6 is 0 Å². The van der Waals surface area contributed by atoms with Crippen molar-refractivity contribution in [2.75, 3.05) is 6.26 Å². The molecular weight excluding hydrogens is 240 g/mol. The molecule has 0 atom stereocenters. The van der Waals surface area contributed by atoms with E-state index in [0.29, 0.717) is 6.04 Å². The van der Waals surface area contributed by atoms with Crippen molar-refractivity contribution >= 4 is 10.1 Å². The van der Waals surface area contributed by atoms with Gasteiger partial charge in [0.15, 0.2) is 0 Å². The second kappa shape index (κ2) is 4.78. The minimum Gasteiger partial charge on any atom is -0.269 e. The van der Waals surface area contributed by atoms with Crippen LogP contribution < -0.4 is 0 Å². The van der Waals surface area contributed by atoms with Crippen LogP contribution in [0.25, 0.3) is 0 Å². The Bertz CT molecular complexity index is 487. The van der Waals surface area contributed by atoms with Crippen molar-refractivity contribution in [3.63, 3.8) is 0 Å². The summed E-state index contributed by atoms with van der Waals surface area (Å²) >= 11 is 0. The number of aryl methyl sites for hydroxylation is 1. The molecule has 1 heterocycles. The molecular formula is C11H18N2O3S. The van der Waals surface area contributed by atoms with Crippen molar-refractivity contribution < 1.29 is 12.6 Å². The van der Waals surface area contributed by atoms with Crippen LogP contribution in [0.5, 0.6) is 0 Å². The highest BCUT2D eigenvalue weighted by molar-refractivity contribution is 7.85. The largest absolute Gasteiger partial charge is 0.269 e. The van der Waals surface area contributed by atoms with Crippen LogP contribution in [0.2, 0.25) is 0 Å². The van der Waals surface area contributed by atoms with Crippen LogP contribution in [0.4, 0.5) is 0 Å². The van der Waals surface area contributed by atoms with Gasteiger partial charge in [0.1, 0.15) is 0 Å². The Kier molecular flexibility index (Phi) is 3.53. The van der Waals surface area contributed by atoms with Gasteiger partial charge < -0.3 is 0 Å². The van der Waals surface area contributed by atoms with Crippen LogP contribution in [-0.2, 0) is 20.9 Å². The first-order chi connectivity index (χ1) is 7.96. The van der Waals surface area contributed by atoms with Crippen LogP contribution in [0, 0.1) is 6.92 Å². The van der Waals surface area contributed by atoms with E-state index in [1.165, 1.54) is 12.8 Å². The molecule has 1 saturated carbocycles. The normalized spacial score (nSPS) is 17.8. The van der Waals surface area contributed by atoms with Gasteiger partial charge in [-0.1, -0.05) is 12.8 Å². The van der Waals surface area contributed by atoms with E-state index in [-0.39, 0.29) is 6.61 Å². The van der Waals surface area contributed by atoms with Crippen molar-refractivity contribution in [1.82, 2.24) is 9.78 Å². The van der Waals surface area contributed by atoms with E-state index in [0.717, 1.165) is 30.4 Å². The van der Waals surface area contributed by atoms with E-state index in [9.17, 15) is 8.42 Å². The summed E-state index contributed by atoms with van der Waals surface area (Å²) in [6.07, 6.45) is 7.79. The maximum absolute atomic E-state index is 10.9. The number of hydrogen-bond donors (Lipinski definition) is 0. The molecule has 0 aromatic carbocycles. The minimum absolute atomic E-state index is 0.0807. The molecule has 1 aromatic heterocycles. The van der Waals surface area contributed by atoms with Gasteiger partial charge in [-0.05, 0) is 19.8 Å². The van der Waals surface area contributed by atoms with Gasteiger partial charge in [0, 0.05) is 11.8 Å². The summed E-state index contributed by atoms with van der Waals surface area (Å²) in [4.78, 5) is 0. The zero-order valence-corrected chi connectivity index (χ0v) is 11.0. The fourth-order valence-corrected chi connectivity index (χ4v) is 2.53. The molecule has 0 saturated heterocycles. The predicted molar refractivity (Wildman–Crippen MR) is 64.1 cm³/mol. The van der Waals surface area contributed by atoms with Crippen LogP contribution in [0.3, 0.4) is 0 Å². The molecule has 0 aliphatic heterocycles. The third kappa shape index (κ3) is 3.29. The van der Waals surface area contributed by atoms with Crippen molar-refractivity contribution in [3.8, 4) is 0 Å². The Hall–Kier alpha value is -0.880. The summed E-state index contributed by atoms with van der Waals surface area (Å²) in [6.45, 7) is 1.96. The molecule has 0 amide bonds. The molecule has 2 rings (SSSR count). The van der Waals surface area contributed by atoms with Crippen molar-refractivity contribution in [3.05, 3.63) is 17.5 Å². The Morgan fingerprint density at radius 2 is 2.12 bits per heavy atom. The first-order valence-corrected chi connectivity index (χ1v) is 7.66. The molecule has 96 valence electrons. The second-order valence-corrected chi connectivity index (χ2v) is 6.27. The quantitative estimate of drug-likeness (QED) is 0.772.